The predicted octanol–water partition coefficient (Wildman–Crippen LogP) is 9.40. The van der Waals surface area contributed by atoms with Gasteiger partial charge in [0.15, 0.2) is 0 Å². The number of nitrogens with one attached hydrogen (secondary N) is 1. The summed E-state index contributed by atoms with van der Waals surface area (Å²) >= 11 is 0. The van der Waals surface area contributed by atoms with Crippen molar-refractivity contribution in [2.45, 2.75) is 91.9 Å². The highest BCUT2D eigenvalue weighted by molar-refractivity contribution is 5.61. The molecule has 0 saturated heterocycles. The molecule has 2 aliphatic rings. The van der Waals surface area contributed by atoms with Gasteiger partial charge in [-0.1, -0.05) is 69.7 Å². The van der Waals surface area contributed by atoms with Crippen LogP contribution in [0.15, 0.2) is 82.7 Å². The summed E-state index contributed by atoms with van der Waals surface area (Å²) in [6, 6.07) is 11.8. The van der Waals surface area contributed by atoms with Crippen molar-refractivity contribution in [2.75, 3.05) is 0 Å². The lowest BCUT2D eigenvalue weighted by molar-refractivity contribution is -0.384. The molecule has 0 aromatic heterocycles. The highest BCUT2D eigenvalue weighted by Crippen LogP contribution is 2.52. The Labute approximate surface area is 228 Å². The molecule has 1 aliphatic heterocycles. The zero-order valence-corrected chi connectivity index (χ0v) is 23.9. The Morgan fingerprint density at radius 1 is 1.11 bits per heavy atom. The average Bonchev–Trinajstić information content (AvgIpc) is 2.87. The molecular weight excluding hydrogens is 468 g/mol. The maximum atomic E-state index is 11.8. The number of non-ortho nitro benzene ring substituents is 1. The molecule has 2 aromatic rings. The fraction of sp³-hybridized carbons (Fsp3) is 0.412. The summed E-state index contributed by atoms with van der Waals surface area (Å²) in [7, 11) is 0. The number of benzene rings is 2. The van der Waals surface area contributed by atoms with Gasteiger partial charge in [0, 0.05) is 29.4 Å². The molecule has 0 radical (unpaired) electrons. The normalized spacial score (nSPS) is 19.9. The molecule has 2 atom stereocenters. The van der Waals surface area contributed by atoms with Gasteiger partial charge in [-0.15, -0.1) is 0 Å². The summed E-state index contributed by atoms with van der Waals surface area (Å²) in [6.45, 7) is 17.9. The standard InChI is InChI=1S/C34H42N2O2/c1-8-12-25(13-9-2)33-29(10-3)35-30-20-27(31-22(5)16-21(4)17-23(31)6)18-24(7)32(30)34(33)26-14-11-15-28(19-26)36(37)38/h11-12,14-17,19,27,34-35H,7-10,13,18,20H2,1-6H3. The summed E-state index contributed by atoms with van der Waals surface area (Å²) in [6.07, 6.45) is 8.03. The van der Waals surface area contributed by atoms with E-state index in [1.165, 1.54) is 50.4 Å². The fourth-order valence-electron chi connectivity index (χ4n) is 6.83. The number of aryl methyl sites for hydroxylation is 3. The Morgan fingerprint density at radius 3 is 2.42 bits per heavy atom. The average molecular weight is 511 g/mol. The minimum atomic E-state index is -0.284. The van der Waals surface area contributed by atoms with E-state index in [1.807, 2.05) is 6.07 Å². The summed E-state index contributed by atoms with van der Waals surface area (Å²) in [5, 5.41) is 15.6. The minimum absolute atomic E-state index is 0.0564. The highest BCUT2D eigenvalue weighted by atomic mass is 16.6. The van der Waals surface area contributed by atoms with Crippen LogP contribution in [0, 0.1) is 30.9 Å². The molecule has 1 N–H and O–H groups in total. The Bertz CT molecular complexity index is 1340. The van der Waals surface area contributed by atoms with E-state index in [0.717, 1.165) is 49.7 Å². The Kier molecular flexibility index (Phi) is 8.40. The number of hydrogen-bond donors (Lipinski definition) is 1. The van der Waals surface area contributed by atoms with Crippen molar-refractivity contribution in [3.8, 4) is 0 Å². The monoisotopic (exact) mass is 510 g/mol. The molecule has 4 heteroatoms. The number of hydrogen-bond acceptors (Lipinski definition) is 3. The van der Waals surface area contributed by atoms with Crippen molar-refractivity contribution in [1.29, 1.82) is 0 Å². The second-order valence-electron chi connectivity index (χ2n) is 11.0. The van der Waals surface area contributed by atoms with Gasteiger partial charge in [0.2, 0.25) is 0 Å². The van der Waals surface area contributed by atoms with E-state index >= 15 is 0 Å². The summed E-state index contributed by atoms with van der Waals surface area (Å²) in [5.74, 6) is 0.306. The molecule has 4 nitrogen and oxygen atoms in total. The van der Waals surface area contributed by atoms with Crippen LogP contribution < -0.4 is 5.32 Å². The molecule has 0 spiro atoms. The Morgan fingerprint density at radius 2 is 1.82 bits per heavy atom. The quantitative estimate of drug-likeness (QED) is 0.284. The first-order valence-corrected chi connectivity index (χ1v) is 14.1. The van der Waals surface area contributed by atoms with Gasteiger partial charge in [0.25, 0.3) is 5.69 Å². The van der Waals surface area contributed by atoms with Crippen molar-refractivity contribution in [2.24, 2.45) is 0 Å². The third-order valence-electron chi connectivity index (χ3n) is 8.08. The number of nitro groups is 1. The molecule has 0 amide bonds. The van der Waals surface area contributed by atoms with E-state index < -0.39 is 0 Å². The first kappa shape index (κ1) is 27.6. The topological polar surface area (TPSA) is 55.2 Å². The van der Waals surface area contributed by atoms with E-state index in [0.29, 0.717) is 5.92 Å². The molecular formula is C34H42N2O2. The van der Waals surface area contributed by atoms with E-state index in [-0.39, 0.29) is 16.5 Å². The van der Waals surface area contributed by atoms with Crippen LogP contribution in [-0.4, -0.2) is 4.92 Å². The number of nitro benzene ring substituents is 1. The first-order chi connectivity index (χ1) is 18.2. The Balaban J connectivity index is 1.91. The van der Waals surface area contributed by atoms with Crippen LogP contribution in [0.1, 0.15) is 98.9 Å². The lowest BCUT2D eigenvalue weighted by Gasteiger charge is -2.41. The smallest absolute Gasteiger partial charge is 0.269 e. The molecule has 2 unspecified atom stereocenters. The van der Waals surface area contributed by atoms with Gasteiger partial charge in [-0.2, -0.15) is 0 Å². The molecule has 1 heterocycles. The number of dihydropyridines is 1. The largest absolute Gasteiger partial charge is 0.362 e. The molecule has 38 heavy (non-hydrogen) atoms. The molecule has 0 fully saturated rings. The van der Waals surface area contributed by atoms with Crippen molar-refractivity contribution in [3.63, 3.8) is 0 Å². The Hall–Kier alpha value is -3.40. The third-order valence-corrected chi connectivity index (χ3v) is 8.08. The van der Waals surface area contributed by atoms with Crippen molar-refractivity contribution >= 4 is 5.69 Å². The van der Waals surface area contributed by atoms with Crippen LogP contribution in [0.2, 0.25) is 0 Å². The predicted molar refractivity (Wildman–Crippen MR) is 158 cm³/mol. The summed E-state index contributed by atoms with van der Waals surface area (Å²) < 4.78 is 0. The van der Waals surface area contributed by atoms with Gasteiger partial charge >= 0.3 is 0 Å². The van der Waals surface area contributed by atoms with Gasteiger partial charge in [-0.05, 0) is 103 Å². The van der Waals surface area contributed by atoms with Gasteiger partial charge in [-0.25, -0.2) is 0 Å². The maximum Gasteiger partial charge on any atom is 0.269 e. The lowest BCUT2D eigenvalue weighted by Crippen LogP contribution is -2.32. The lowest BCUT2D eigenvalue weighted by atomic mass is 9.68. The molecule has 2 aromatic carbocycles. The molecule has 200 valence electrons. The van der Waals surface area contributed by atoms with Crippen LogP contribution in [0.4, 0.5) is 5.69 Å². The second-order valence-corrected chi connectivity index (χ2v) is 11.0. The first-order valence-electron chi connectivity index (χ1n) is 14.1. The van der Waals surface area contributed by atoms with E-state index in [1.54, 1.807) is 12.1 Å². The van der Waals surface area contributed by atoms with E-state index in [9.17, 15) is 10.1 Å². The van der Waals surface area contributed by atoms with Crippen molar-refractivity contribution in [1.82, 2.24) is 5.32 Å². The van der Waals surface area contributed by atoms with Gasteiger partial charge in [0.1, 0.15) is 0 Å². The van der Waals surface area contributed by atoms with Crippen LogP contribution >= 0.6 is 0 Å². The molecule has 1 aliphatic carbocycles. The minimum Gasteiger partial charge on any atom is -0.362 e. The third kappa shape index (κ3) is 5.27. The summed E-state index contributed by atoms with van der Waals surface area (Å²) in [4.78, 5) is 11.5. The zero-order chi connectivity index (χ0) is 27.6. The van der Waals surface area contributed by atoms with Crippen LogP contribution in [-0.2, 0) is 0 Å². The zero-order valence-electron chi connectivity index (χ0n) is 23.9. The van der Waals surface area contributed by atoms with Crippen LogP contribution in [0.3, 0.4) is 0 Å². The van der Waals surface area contributed by atoms with Gasteiger partial charge in [0.05, 0.1) is 4.92 Å². The molecule has 0 saturated carbocycles. The number of nitrogens with zero attached hydrogens (tertiary/aromatic N) is 1. The fourth-order valence-corrected chi connectivity index (χ4v) is 6.83. The highest BCUT2D eigenvalue weighted by Gasteiger charge is 2.38. The van der Waals surface area contributed by atoms with Crippen LogP contribution in [0.25, 0.3) is 0 Å². The molecule has 0 bridgehead atoms. The molecule has 4 rings (SSSR count). The number of rotatable bonds is 8. The van der Waals surface area contributed by atoms with Gasteiger partial charge < -0.3 is 5.32 Å². The number of allylic oxidation sites excluding steroid dienone is 7. The van der Waals surface area contributed by atoms with E-state index in [4.69, 9.17) is 0 Å². The van der Waals surface area contributed by atoms with E-state index in [2.05, 4.69) is 77.7 Å². The van der Waals surface area contributed by atoms with Crippen molar-refractivity contribution < 1.29 is 4.92 Å². The van der Waals surface area contributed by atoms with Crippen LogP contribution in [0.5, 0.6) is 0 Å². The van der Waals surface area contributed by atoms with Gasteiger partial charge in [-0.3, -0.25) is 10.1 Å². The van der Waals surface area contributed by atoms with Crippen molar-refractivity contribution in [3.05, 3.63) is 121 Å². The SMILES string of the molecule is C=C1CC(c2c(C)cc(C)cc2C)CC2=C1C(c1cccc([N+](=O)[O-])c1)C(C(=CCC)CCC)=C(CC)N2. The second kappa shape index (κ2) is 11.6. The summed E-state index contributed by atoms with van der Waals surface area (Å²) in [5.41, 5.74) is 14.0. The maximum absolute atomic E-state index is 11.8.